The number of aromatic nitrogens is 4. The predicted octanol–water partition coefficient (Wildman–Crippen LogP) is 6.00. The number of amides is 1. The van der Waals surface area contributed by atoms with Gasteiger partial charge in [0.1, 0.15) is 0 Å². The van der Waals surface area contributed by atoms with E-state index >= 15 is 0 Å². The smallest absolute Gasteiger partial charge is 0.257 e. The van der Waals surface area contributed by atoms with Crippen LogP contribution in [0.1, 0.15) is 28.8 Å². The molecule has 0 bridgehead atoms. The van der Waals surface area contributed by atoms with Gasteiger partial charge in [-0.25, -0.2) is 9.50 Å². The normalized spacial score (nSPS) is 13.4. The SMILES string of the molecule is Cc1ccc(NC(=O)c2cc(N3CCCC3)ccc2Cl)cc1-n1ccc2ncc(-c3cccnc3)n21. The van der Waals surface area contributed by atoms with Crippen LogP contribution in [0.4, 0.5) is 11.4 Å². The number of carbonyl (C=O) groups excluding carboxylic acids is 1. The van der Waals surface area contributed by atoms with Crippen LogP contribution < -0.4 is 10.2 Å². The minimum atomic E-state index is -0.229. The van der Waals surface area contributed by atoms with Gasteiger partial charge in [-0.05, 0) is 67.8 Å². The summed E-state index contributed by atoms with van der Waals surface area (Å²) in [7, 11) is 0. The van der Waals surface area contributed by atoms with Crippen LogP contribution in [-0.2, 0) is 0 Å². The van der Waals surface area contributed by atoms with E-state index in [-0.39, 0.29) is 5.91 Å². The first kappa shape index (κ1) is 22.4. The second-order valence-corrected chi connectivity index (χ2v) is 9.44. The molecule has 1 aliphatic rings. The Balaban J connectivity index is 1.34. The summed E-state index contributed by atoms with van der Waals surface area (Å²) >= 11 is 6.43. The number of hydrogen-bond acceptors (Lipinski definition) is 4. The molecule has 0 aliphatic carbocycles. The Morgan fingerprint density at radius 2 is 1.89 bits per heavy atom. The van der Waals surface area contributed by atoms with E-state index in [0.29, 0.717) is 16.3 Å². The van der Waals surface area contributed by atoms with Crippen molar-refractivity contribution < 1.29 is 4.79 Å². The van der Waals surface area contributed by atoms with Crippen molar-refractivity contribution in [2.75, 3.05) is 23.3 Å². The maximum Gasteiger partial charge on any atom is 0.257 e. The van der Waals surface area contributed by atoms with Crippen molar-refractivity contribution in [2.24, 2.45) is 0 Å². The minimum absolute atomic E-state index is 0.229. The summed E-state index contributed by atoms with van der Waals surface area (Å²) < 4.78 is 4.08. The van der Waals surface area contributed by atoms with E-state index in [9.17, 15) is 4.79 Å². The number of imidazole rings is 1. The van der Waals surface area contributed by atoms with Gasteiger partial charge in [-0.3, -0.25) is 14.5 Å². The Kier molecular flexibility index (Phi) is 5.70. The van der Waals surface area contributed by atoms with Crippen LogP contribution in [0.25, 0.3) is 22.6 Å². The molecule has 6 rings (SSSR count). The fraction of sp³-hybridized carbons (Fsp3) is 0.179. The van der Waals surface area contributed by atoms with Crippen molar-refractivity contribution in [3.05, 3.63) is 95.5 Å². The molecule has 8 heteroatoms. The van der Waals surface area contributed by atoms with Crippen molar-refractivity contribution in [3.63, 3.8) is 0 Å². The van der Waals surface area contributed by atoms with E-state index in [1.807, 2.05) is 83.2 Å². The molecule has 5 aromatic rings. The minimum Gasteiger partial charge on any atom is -0.372 e. The topological polar surface area (TPSA) is 67.5 Å². The zero-order valence-electron chi connectivity index (χ0n) is 19.9. The Labute approximate surface area is 214 Å². The number of anilines is 2. The molecule has 1 fully saturated rings. The Bertz CT molecular complexity index is 1570. The summed E-state index contributed by atoms with van der Waals surface area (Å²) in [6.45, 7) is 4.05. The average molecular weight is 497 g/mol. The summed E-state index contributed by atoms with van der Waals surface area (Å²) in [4.78, 5) is 24.4. The number of carbonyl (C=O) groups is 1. The lowest BCUT2D eigenvalue weighted by Gasteiger charge is -2.19. The molecule has 0 saturated carbocycles. The molecule has 0 radical (unpaired) electrons. The first-order valence-corrected chi connectivity index (χ1v) is 12.4. The molecular weight excluding hydrogens is 472 g/mol. The summed E-state index contributed by atoms with van der Waals surface area (Å²) in [6.07, 6.45) is 9.74. The lowest BCUT2D eigenvalue weighted by atomic mass is 10.1. The molecule has 36 heavy (non-hydrogen) atoms. The number of aryl methyl sites for hydroxylation is 1. The van der Waals surface area contributed by atoms with Crippen LogP contribution in [0, 0.1) is 6.92 Å². The van der Waals surface area contributed by atoms with E-state index in [4.69, 9.17) is 11.6 Å². The highest BCUT2D eigenvalue weighted by atomic mass is 35.5. The number of benzene rings is 2. The van der Waals surface area contributed by atoms with Crippen LogP contribution >= 0.6 is 11.6 Å². The first-order valence-electron chi connectivity index (χ1n) is 12.0. The van der Waals surface area contributed by atoms with Crippen LogP contribution in [-0.4, -0.2) is 38.2 Å². The van der Waals surface area contributed by atoms with Crippen molar-refractivity contribution >= 4 is 34.5 Å². The summed E-state index contributed by atoms with van der Waals surface area (Å²) in [5.74, 6) is -0.229. The van der Waals surface area contributed by atoms with Gasteiger partial charge in [-0.15, -0.1) is 0 Å². The number of nitrogens with zero attached hydrogens (tertiary/aromatic N) is 5. The molecule has 1 aliphatic heterocycles. The molecule has 2 aromatic carbocycles. The Morgan fingerprint density at radius 3 is 2.69 bits per heavy atom. The van der Waals surface area contributed by atoms with Gasteiger partial charge < -0.3 is 10.2 Å². The number of hydrogen-bond donors (Lipinski definition) is 1. The summed E-state index contributed by atoms with van der Waals surface area (Å²) in [5.41, 5.74) is 6.92. The Morgan fingerprint density at radius 1 is 1.03 bits per heavy atom. The van der Waals surface area contributed by atoms with Crippen LogP contribution in [0.5, 0.6) is 0 Å². The van der Waals surface area contributed by atoms with Gasteiger partial charge in [0.2, 0.25) is 0 Å². The zero-order chi connectivity index (χ0) is 24.6. The van der Waals surface area contributed by atoms with E-state index in [0.717, 1.165) is 46.9 Å². The quantitative estimate of drug-likeness (QED) is 0.324. The molecule has 3 aromatic heterocycles. The fourth-order valence-corrected chi connectivity index (χ4v) is 5.00. The van der Waals surface area contributed by atoms with Crippen molar-refractivity contribution in [2.45, 2.75) is 19.8 Å². The predicted molar refractivity (Wildman–Crippen MR) is 143 cm³/mol. The van der Waals surface area contributed by atoms with Crippen LogP contribution in [0.3, 0.4) is 0 Å². The molecule has 1 amide bonds. The van der Waals surface area contributed by atoms with Crippen molar-refractivity contribution in [1.82, 2.24) is 19.2 Å². The number of fused-ring (bicyclic) bond motifs is 1. The maximum absolute atomic E-state index is 13.3. The molecule has 0 spiro atoms. The third kappa shape index (κ3) is 4.01. The molecule has 1 N–H and O–H groups in total. The highest BCUT2D eigenvalue weighted by Gasteiger charge is 2.18. The standard InChI is InChI=1S/C28H25ClN6O/c1-19-6-7-21(32-28(36)23-16-22(8-9-24(23)29)33-12-2-3-13-33)15-25(19)34-14-10-27-31-18-26(35(27)34)20-5-4-11-30-17-20/h4-11,14-18H,2-3,12-13H2,1H3,(H,32,36). The van der Waals surface area contributed by atoms with Crippen LogP contribution in [0.15, 0.2) is 79.4 Å². The van der Waals surface area contributed by atoms with Gasteiger partial charge in [0.25, 0.3) is 5.91 Å². The number of halogens is 1. The monoisotopic (exact) mass is 496 g/mol. The van der Waals surface area contributed by atoms with Crippen molar-refractivity contribution in [3.8, 4) is 16.9 Å². The van der Waals surface area contributed by atoms with E-state index in [1.54, 1.807) is 12.3 Å². The van der Waals surface area contributed by atoms with Crippen molar-refractivity contribution in [1.29, 1.82) is 0 Å². The number of nitrogens with one attached hydrogen (secondary N) is 1. The lowest BCUT2D eigenvalue weighted by Crippen LogP contribution is -2.19. The van der Waals surface area contributed by atoms with Crippen LogP contribution in [0.2, 0.25) is 5.02 Å². The molecule has 4 heterocycles. The fourth-order valence-electron chi connectivity index (χ4n) is 4.79. The molecular formula is C28H25ClN6O. The van der Waals surface area contributed by atoms with Gasteiger partial charge in [-0.1, -0.05) is 17.7 Å². The van der Waals surface area contributed by atoms with Gasteiger partial charge in [-0.2, -0.15) is 0 Å². The molecule has 0 unspecified atom stereocenters. The maximum atomic E-state index is 13.3. The second kappa shape index (κ2) is 9.17. The second-order valence-electron chi connectivity index (χ2n) is 9.03. The molecule has 7 nitrogen and oxygen atoms in total. The van der Waals surface area contributed by atoms with E-state index in [1.165, 1.54) is 12.8 Å². The zero-order valence-corrected chi connectivity index (χ0v) is 20.6. The highest BCUT2D eigenvalue weighted by molar-refractivity contribution is 6.34. The van der Waals surface area contributed by atoms with Gasteiger partial charge in [0.05, 0.1) is 28.2 Å². The van der Waals surface area contributed by atoms with E-state index < -0.39 is 0 Å². The average Bonchev–Trinajstić information content (AvgIpc) is 3.65. The number of pyridine rings is 1. The summed E-state index contributed by atoms with van der Waals surface area (Å²) in [6, 6.07) is 17.4. The summed E-state index contributed by atoms with van der Waals surface area (Å²) in [5, 5.41) is 3.48. The first-order chi connectivity index (χ1) is 17.6. The molecule has 0 atom stereocenters. The van der Waals surface area contributed by atoms with Gasteiger partial charge in [0, 0.05) is 54.7 Å². The third-order valence-corrected chi connectivity index (χ3v) is 7.01. The lowest BCUT2D eigenvalue weighted by molar-refractivity contribution is 0.102. The van der Waals surface area contributed by atoms with Gasteiger partial charge in [0.15, 0.2) is 5.65 Å². The third-order valence-electron chi connectivity index (χ3n) is 6.68. The number of rotatable bonds is 5. The largest absolute Gasteiger partial charge is 0.372 e. The molecule has 1 saturated heterocycles. The van der Waals surface area contributed by atoms with Gasteiger partial charge >= 0.3 is 0 Å². The highest BCUT2D eigenvalue weighted by Crippen LogP contribution is 2.28. The molecule has 180 valence electrons. The Hall–Kier alpha value is -4.10. The van der Waals surface area contributed by atoms with E-state index in [2.05, 4.69) is 20.2 Å².